The number of rotatable bonds is 5. The number of fused-ring (bicyclic) bond motifs is 4. The lowest BCUT2D eigenvalue weighted by atomic mass is 9.61. The molecule has 7 rings (SSSR count). The highest BCUT2D eigenvalue weighted by Crippen LogP contribution is 2.46. The molecule has 0 saturated heterocycles. The van der Waals surface area contributed by atoms with E-state index < -0.39 is 11.9 Å². The minimum Gasteiger partial charge on any atom is -0.481 e. The van der Waals surface area contributed by atoms with E-state index in [1.165, 1.54) is 6.33 Å². The predicted molar refractivity (Wildman–Crippen MR) is 122 cm³/mol. The summed E-state index contributed by atoms with van der Waals surface area (Å²) in [5.74, 6) is 0.561. The number of H-pyrrole nitrogens is 1. The van der Waals surface area contributed by atoms with Crippen molar-refractivity contribution in [3.63, 3.8) is 0 Å². The quantitative estimate of drug-likeness (QED) is 0.427. The van der Waals surface area contributed by atoms with Gasteiger partial charge in [0.2, 0.25) is 0 Å². The molecule has 3 aliphatic carbocycles. The summed E-state index contributed by atoms with van der Waals surface area (Å²) in [5.41, 5.74) is 3.08. The number of aliphatic carboxylic acids is 1. The largest absolute Gasteiger partial charge is 0.481 e. The zero-order chi connectivity index (χ0) is 22.4. The average molecular weight is 441 g/mol. The number of aromatic amines is 1. The summed E-state index contributed by atoms with van der Waals surface area (Å²) in [6.07, 6.45) is 12.6. The van der Waals surface area contributed by atoms with Gasteiger partial charge in [0.25, 0.3) is 0 Å². The van der Waals surface area contributed by atoms with Crippen LogP contribution in [-0.2, 0) is 4.79 Å². The van der Waals surface area contributed by atoms with Crippen LogP contribution in [0, 0.1) is 17.8 Å². The highest BCUT2D eigenvalue weighted by Gasteiger charge is 2.47. The Morgan fingerprint density at radius 3 is 2.73 bits per heavy atom. The zero-order valence-corrected chi connectivity index (χ0v) is 17.8. The monoisotopic (exact) mass is 441 g/mol. The third kappa shape index (κ3) is 3.49. The van der Waals surface area contributed by atoms with Crippen molar-refractivity contribution in [2.75, 3.05) is 5.32 Å². The maximum absolute atomic E-state index is 12.1. The molecule has 3 saturated carbocycles. The van der Waals surface area contributed by atoms with Gasteiger partial charge in [-0.05, 0) is 49.7 Å². The van der Waals surface area contributed by atoms with Gasteiger partial charge in [-0.3, -0.25) is 9.78 Å². The van der Waals surface area contributed by atoms with Crippen molar-refractivity contribution < 1.29 is 9.90 Å². The predicted octanol–water partition coefficient (Wildman–Crippen LogP) is 3.78. The third-order valence-corrected chi connectivity index (χ3v) is 7.10. The van der Waals surface area contributed by atoms with Gasteiger partial charge in [0.15, 0.2) is 5.82 Å². The van der Waals surface area contributed by atoms with Crippen LogP contribution in [0.5, 0.6) is 0 Å². The van der Waals surface area contributed by atoms with E-state index in [1.54, 1.807) is 18.6 Å². The Kier molecular flexibility index (Phi) is 4.74. The van der Waals surface area contributed by atoms with Crippen LogP contribution in [0.3, 0.4) is 0 Å². The molecule has 3 fully saturated rings. The van der Waals surface area contributed by atoms with E-state index in [0.29, 0.717) is 23.2 Å². The number of anilines is 1. The summed E-state index contributed by atoms with van der Waals surface area (Å²) in [5, 5.41) is 14.3. The molecule has 0 amide bonds. The van der Waals surface area contributed by atoms with Crippen LogP contribution in [0.1, 0.15) is 25.7 Å². The molecule has 0 spiro atoms. The van der Waals surface area contributed by atoms with Crippen molar-refractivity contribution in [1.82, 2.24) is 29.9 Å². The minimum atomic E-state index is -0.725. The summed E-state index contributed by atoms with van der Waals surface area (Å²) < 4.78 is 0. The number of nitrogens with one attached hydrogen (secondary N) is 2. The second-order valence-corrected chi connectivity index (χ2v) is 8.90. The number of hydrogen-bond donors (Lipinski definition) is 3. The van der Waals surface area contributed by atoms with Gasteiger partial charge in [-0.1, -0.05) is 0 Å². The summed E-state index contributed by atoms with van der Waals surface area (Å²) in [4.78, 5) is 37.5. The van der Waals surface area contributed by atoms with Crippen LogP contribution in [0.25, 0.3) is 33.7 Å². The first-order chi connectivity index (χ1) is 16.2. The SMILES string of the molecule is O=C(O)[C@@H]1C2CCC(CC2)[C@H]1Nc1cc(-c2cccnc2)nc(-c2c[nH]c3ncncc23)n1. The molecular weight excluding hydrogens is 418 g/mol. The van der Waals surface area contributed by atoms with Crippen LogP contribution in [-0.4, -0.2) is 47.0 Å². The first-order valence-corrected chi connectivity index (χ1v) is 11.2. The highest BCUT2D eigenvalue weighted by atomic mass is 16.4. The number of hydrogen-bond acceptors (Lipinski definition) is 7. The van der Waals surface area contributed by atoms with Crippen molar-refractivity contribution in [3.05, 3.63) is 49.3 Å². The van der Waals surface area contributed by atoms with Gasteiger partial charge in [0, 0.05) is 53.4 Å². The Morgan fingerprint density at radius 2 is 1.94 bits per heavy atom. The lowest BCUT2D eigenvalue weighted by molar-refractivity contribution is -0.148. The van der Waals surface area contributed by atoms with Crippen LogP contribution >= 0.6 is 0 Å². The first-order valence-electron chi connectivity index (χ1n) is 11.2. The van der Waals surface area contributed by atoms with E-state index >= 15 is 0 Å². The molecule has 0 unspecified atom stereocenters. The van der Waals surface area contributed by atoms with E-state index in [0.717, 1.165) is 47.9 Å². The molecule has 4 aromatic heterocycles. The molecule has 4 heterocycles. The van der Waals surface area contributed by atoms with Gasteiger partial charge in [-0.15, -0.1) is 0 Å². The van der Waals surface area contributed by atoms with E-state index in [2.05, 4.69) is 25.3 Å². The molecule has 0 radical (unpaired) electrons. The van der Waals surface area contributed by atoms with E-state index in [9.17, 15) is 9.90 Å². The molecule has 9 nitrogen and oxygen atoms in total. The topological polar surface area (TPSA) is 130 Å². The molecule has 0 aliphatic heterocycles. The molecule has 0 aromatic carbocycles. The summed E-state index contributed by atoms with van der Waals surface area (Å²) in [7, 11) is 0. The number of carboxylic acids is 1. The maximum Gasteiger partial charge on any atom is 0.308 e. The molecule has 9 heteroatoms. The molecule has 2 bridgehead atoms. The standard InChI is InChI=1S/C24H23N7O2/c32-24(33)20-13-3-5-14(6-4-13)21(20)30-19-8-18(15-2-1-7-25-9-15)29-23(31-19)17-11-27-22-16(17)10-26-12-28-22/h1-2,7-14,20-21H,3-6H2,(H,32,33)(H,26,27,28)(H,29,30,31)/t13?,14?,20-,21-/m1/s1. The van der Waals surface area contributed by atoms with Crippen molar-refractivity contribution in [3.8, 4) is 22.6 Å². The van der Waals surface area contributed by atoms with Gasteiger partial charge in [-0.25, -0.2) is 19.9 Å². The van der Waals surface area contributed by atoms with Crippen LogP contribution in [0.15, 0.2) is 49.3 Å². The molecule has 3 N–H and O–H groups in total. The highest BCUT2D eigenvalue weighted by molar-refractivity contribution is 5.91. The van der Waals surface area contributed by atoms with E-state index in [-0.39, 0.29) is 12.0 Å². The number of carboxylic acid groups (broad SMARTS) is 1. The molecular formula is C24H23N7O2. The fraction of sp³-hybridized carbons (Fsp3) is 0.333. The molecule has 166 valence electrons. The van der Waals surface area contributed by atoms with Gasteiger partial charge >= 0.3 is 5.97 Å². The normalized spacial score (nSPS) is 24.1. The zero-order valence-electron chi connectivity index (χ0n) is 17.8. The second-order valence-electron chi connectivity index (χ2n) is 8.90. The van der Waals surface area contributed by atoms with Crippen LogP contribution in [0.2, 0.25) is 0 Å². The van der Waals surface area contributed by atoms with Gasteiger partial charge in [-0.2, -0.15) is 0 Å². The van der Waals surface area contributed by atoms with E-state index in [1.807, 2.05) is 24.4 Å². The van der Waals surface area contributed by atoms with E-state index in [4.69, 9.17) is 9.97 Å². The number of pyridine rings is 1. The van der Waals surface area contributed by atoms with Crippen LogP contribution in [0.4, 0.5) is 5.82 Å². The van der Waals surface area contributed by atoms with Gasteiger partial charge < -0.3 is 15.4 Å². The Balaban J connectivity index is 1.45. The average Bonchev–Trinajstić information content (AvgIpc) is 3.29. The fourth-order valence-corrected chi connectivity index (χ4v) is 5.53. The summed E-state index contributed by atoms with van der Waals surface area (Å²) in [6.45, 7) is 0. The number of aromatic nitrogens is 6. The van der Waals surface area contributed by atoms with Gasteiger partial charge in [0.05, 0.1) is 11.6 Å². The first kappa shape index (κ1) is 19.8. The Hall–Kier alpha value is -3.88. The summed E-state index contributed by atoms with van der Waals surface area (Å²) in [6, 6.07) is 5.55. The minimum absolute atomic E-state index is 0.147. The lowest BCUT2D eigenvalue weighted by Crippen LogP contribution is -2.51. The smallest absolute Gasteiger partial charge is 0.308 e. The van der Waals surface area contributed by atoms with Crippen molar-refractivity contribution in [1.29, 1.82) is 0 Å². The molecule has 2 atom stereocenters. The number of carbonyl (C=O) groups is 1. The van der Waals surface area contributed by atoms with Crippen molar-refractivity contribution >= 4 is 22.8 Å². The lowest BCUT2D eigenvalue weighted by Gasteiger charge is -2.47. The second kappa shape index (κ2) is 7.91. The molecule has 4 aromatic rings. The van der Waals surface area contributed by atoms with Crippen LogP contribution < -0.4 is 5.32 Å². The Labute approximate surface area is 189 Å². The van der Waals surface area contributed by atoms with Gasteiger partial charge in [0.1, 0.15) is 17.8 Å². The Morgan fingerprint density at radius 1 is 1.09 bits per heavy atom. The fourth-order valence-electron chi connectivity index (χ4n) is 5.53. The maximum atomic E-state index is 12.1. The Bertz CT molecular complexity index is 1310. The summed E-state index contributed by atoms with van der Waals surface area (Å²) >= 11 is 0. The third-order valence-electron chi connectivity index (χ3n) is 7.10. The van der Waals surface area contributed by atoms with Crippen molar-refractivity contribution in [2.24, 2.45) is 17.8 Å². The molecule has 33 heavy (non-hydrogen) atoms. The van der Waals surface area contributed by atoms with Crippen molar-refractivity contribution in [2.45, 2.75) is 31.7 Å². The molecule has 3 aliphatic rings. The number of nitrogens with zero attached hydrogens (tertiary/aromatic N) is 5.